The lowest BCUT2D eigenvalue weighted by Gasteiger charge is -2.06. The fourth-order valence-electron chi connectivity index (χ4n) is 1.40. The number of halogens is 2. The van der Waals surface area contributed by atoms with Crippen LogP contribution in [0.4, 0.5) is 8.78 Å². The molecule has 0 saturated carbocycles. The number of hydrogen-bond acceptors (Lipinski definition) is 2. The molecule has 0 aromatic heterocycles. The van der Waals surface area contributed by atoms with Crippen LogP contribution < -0.4 is 10.5 Å². The highest BCUT2D eigenvalue weighted by Crippen LogP contribution is 2.15. The quantitative estimate of drug-likeness (QED) is 0.730. The predicted octanol–water partition coefficient (Wildman–Crippen LogP) is 2.86. The Bertz CT molecular complexity index is 298. The summed E-state index contributed by atoms with van der Waals surface area (Å²) in [4.78, 5) is 0. The molecule has 0 saturated heterocycles. The van der Waals surface area contributed by atoms with E-state index in [4.69, 9.17) is 10.5 Å². The molecule has 0 unspecified atom stereocenters. The second-order valence-corrected chi connectivity index (χ2v) is 3.66. The summed E-state index contributed by atoms with van der Waals surface area (Å²) in [6.07, 6.45) is 3.97. The van der Waals surface area contributed by atoms with E-state index in [0.29, 0.717) is 13.2 Å². The van der Waals surface area contributed by atoms with Gasteiger partial charge in [0.1, 0.15) is 17.4 Å². The number of unbranched alkanes of at least 4 members (excludes halogenated alkanes) is 3. The Balaban J connectivity index is 2.21. The molecule has 1 rings (SSSR count). The van der Waals surface area contributed by atoms with E-state index in [1.54, 1.807) is 0 Å². The first-order valence-electron chi connectivity index (χ1n) is 5.51. The second kappa shape index (κ2) is 7.17. The fraction of sp³-hybridized carbons (Fsp3) is 0.500. The number of benzene rings is 1. The van der Waals surface area contributed by atoms with Crippen LogP contribution in [0.15, 0.2) is 18.2 Å². The summed E-state index contributed by atoms with van der Waals surface area (Å²) < 4.78 is 30.8. The van der Waals surface area contributed by atoms with Gasteiger partial charge in [-0.3, -0.25) is 0 Å². The van der Waals surface area contributed by atoms with Crippen molar-refractivity contribution in [2.75, 3.05) is 13.2 Å². The third-order valence-electron chi connectivity index (χ3n) is 2.20. The summed E-state index contributed by atoms with van der Waals surface area (Å²) in [6, 6.07) is 3.19. The topological polar surface area (TPSA) is 35.2 Å². The first-order chi connectivity index (χ1) is 7.72. The average molecular weight is 229 g/mol. The van der Waals surface area contributed by atoms with Gasteiger partial charge in [0.25, 0.3) is 0 Å². The molecule has 2 nitrogen and oxygen atoms in total. The van der Waals surface area contributed by atoms with Crippen molar-refractivity contribution < 1.29 is 13.5 Å². The molecule has 16 heavy (non-hydrogen) atoms. The van der Waals surface area contributed by atoms with E-state index < -0.39 is 11.6 Å². The van der Waals surface area contributed by atoms with Crippen molar-refractivity contribution in [2.24, 2.45) is 5.73 Å². The number of nitrogens with two attached hydrogens (primary N) is 1. The number of rotatable bonds is 7. The van der Waals surface area contributed by atoms with Crippen molar-refractivity contribution >= 4 is 0 Å². The third-order valence-corrected chi connectivity index (χ3v) is 2.20. The third kappa shape index (κ3) is 5.07. The Morgan fingerprint density at radius 2 is 1.56 bits per heavy atom. The molecule has 2 N–H and O–H groups in total. The lowest BCUT2D eigenvalue weighted by molar-refractivity contribution is 0.301. The highest BCUT2D eigenvalue weighted by molar-refractivity contribution is 5.23. The van der Waals surface area contributed by atoms with Gasteiger partial charge in [-0.05, 0) is 19.4 Å². The molecule has 0 aliphatic rings. The molecule has 0 bridgehead atoms. The van der Waals surface area contributed by atoms with Crippen molar-refractivity contribution in [1.82, 2.24) is 0 Å². The fourth-order valence-corrected chi connectivity index (χ4v) is 1.40. The zero-order valence-corrected chi connectivity index (χ0v) is 9.22. The smallest absolute Gasteiger partial charge is 0.129 e. The highest BCUT2D eigenvalue weighted by Gasteiger charge is 2.00. The molecular formula is C12H17F2NO. The second-order valence-electron chi connectivity index (χ2n) is 3.66. The minimum Gasteiger partial charge on any atom is -0.493 e. The van der Waals surface area contributed by atoms with E-state index in [2.05, 4.69) is 0 Å². The monoisotopic (exact) mass is 229 g/mol. The zero-order valence-electron chi connectivity index (χ0n) is 9.22. The lowest BCUT2D eigenvalue weighted by atomic mass is 10.2. The Labute approximate surface area is 94.4 Å². The first-order valence-corrected chi connectivity index (χ1v) is 5.51. The van der Waals surface area contributed by atoms with Gasteiger partial charge >= 0.3 is 0 Å². The Morgan fingerprint density at radius 3 is 2.19 bits per heavy atom. The van der Waals surface area contributed by atoms with Gasteiger partial charge in [-0.2, -0.15) is 0 Å². The molecule has 1 aromatic carbocycles. The SMILES string of the molecule is NCCCCCCOc1cc(F)cc(F)c1. The van der Waals surface area contributed by atoms with Gasteiger partial charge < -0.3 is 10.5 Å². The van der Waals surface area contributed by atoms with Crippen molar-refractivity contribution in [1.29, 1.82) is 0 Å². The molecule has 0 aliphatic carbocycles. The maximum atomic E-state index is 12.8. The molecule has 0 aliphatic heterocycles. The summed E-state index contributed by atoms with van der Waals surface area (Å²) in [5, 5.41) is 0. The standard InChI is InChI=1S/C12H17F2NO/c13-10-7-11(14)9-12(8-10)16-6-4-2-1-3-5-15/h7-9H,1-6,15H2. The van der Waals surface area contributed by atoms with Crippen LogP contribution in [-0.4, -0.2) is 13.2 Å². The Kier molecular flexibility index (Phi) is 5.78. The molecule has 0 fully saturated rings. The Morgan fingerprint density at radius 1 is 0.938 bits per heavy atom. The summed E-state index contributed by atoms with van der Waals surface area (Å²) in [6.45, 7) is 1.18. The average Bonchev–Trinajstić information content (AvgIpc) is 2.22. The summed E-state index contributed by atoms with van der Waals surface area (Å²) >= 11 is 0. The largest absolute Gasteiger partial charge is 0.493 e. The van der Waals surface area contributed by atoms with Crippen molar-refractivity contribution in [3.05, 3.63) is 29.8 Å². The molecule has 0 atom stereocenters. The van der Waals surface area contributed by atoms with Crippen molar-refractivity contribution in [2.45, 2.75) is 25.7 Å². The van der Waals surface area contributed by atoms with Gasteiger partial charge in [-0.15, -0.1) is 0 Å². The number of hydrogen-bond donors (Lipinski definition) is 1. The van der Waals surface area contributed by atoms with Crippen LogP contribution >= 0.6 is 0 Å². The number of ether oxygens (including phenoxy) is 1. The van der Waals surface area contributed by atoms with Gasteiger partial charge in [0.15, 0.2) is 0 Å². The van der Waals surface area contributed by atoms with Crippen molar-refractivity contribution in [3.63, 3.8) is 0 Å². The maximum absolute atomic E-state index is 12.8. The molecule has 90 valence electrons. The van der Waals surface area contributed by atoms with Crippen LogP contribution in [0.1, 0.15) is 25.7 Å². The maximum Gasteiger partial charge on any atom is 0.129 e. The first kappa shape index (κ1) is 12.9. The zero-order chi connectivity index (χ0) is 11.8. The van der Waals surface area contributed by atoms with Crippen LogP contribution in [0.3, 0.4) is 0 Å². The van der Waals surface area contributed by atoms with Gasteiger partial charge in [-0.1, -0.05) is 12.8 Å². The minimum absolute atomic E-state index is 0.247. The van der Waals surface area contributed by atoms with Gasteiger partial charge in [0.05, 0.1) is 6.61 Å². The van der Waals surface area contributed by atoms with Gasteiger partial charge in [0.2, 0.25) is 0 Å². The molecule has 0 spiro atoms. The summed E-state index contributed by atoms with van der Waals surface area (Å²) in [5.41, 5.74) is 5.35. The molecular weight excluding hydrogens is 212 g/mol. The van der Waals surface area contributed by atoms with Gasteiger partial charge in [0, 0.05) is 18.2 Å². The van der Waals surface area contributed by atoms with Crippen LogP contribution in [0.25, 0.3) is 0 Å². The minimum atomic E-state index is -0.613. The molecule has 0 heterocycles. The lowest BCUT2D eigenvalue weighted by Crippen LogP contribution is -2.00. The normalized spacial score (nSPS) is 10.4. The van der Waals surface area contributed by atoms with Crippen LogP contribution in [-0.2, 0) is 0 Å². The van der Waals surface area contributed by atoms with Crippen molar-refractivity contribution in [3.8, 4) is 5.75 Å². The van der Waals surface area contributed by atoms with Crippen LogP contribution in [0.5, 0.6) is 5.75 Å². The van der Waals surface area contributed by atoms with E-state index in [0.717, 1.165) is 31.7 Å². The van der Waals surface area contributed by atoms with Crippen LogP contribution in [0, 0.1) is 11.6 Å². The van der Waals surface area contributed by atoms with E-state index in [1.165, 1.54) is 12.1 Å². The summed E-state index contributed by atoms with van der Waals surface area (Å²) in [5.74, 6) is -0.979. The molecule has 1 aromatic rings. The van der Waals surface area contributed by atoms with Gasteiger partial charge in [-0.25, -0.2) is 8.78 Å². The van der Waals surface area contributed by atoms with E-state index >= 15 is 0 Å². The summed E-state index contributed by atoms with van der Waals surface area (Å²) in [7, 11) is 0. The van der Waals surface area contributed by atoms with Crippen LogP contribution in [0.2, 0.25) is 0 Å². The molecule has 0 amide bonds. The van der Waals surface area contributed by atoms with E-state index in [1.807, 2.05) is 0 Å². The van der Waals surface area contributed by atoms with E-state index in [-0.39, 0.29) is 5.75 Å². The van der Waals surface area contributed by atoms with E-state index in [9.17, 15) is 8.78 Å². The molecule has 4 heteroatoms. The highest BCUT2D eigenvalue weighted by atomic mass is 19.1. The Hall–Kier alpha value is -1.16. The predicted molar refractivity (Wildman–Crippen MR) is 59.4 cm³/mol. The molecule has 0 radical (unpaired) electrons.